The van der Waals surface area contributed by atoms with E-state index in [1.807, 2.05) is 18.2 Å². The number of carbonyl (C=O) groups is 1. The highest BCUT2D eigenvalue weighted by molar-refractivity contribution is 5.94. The Morgan fingerprint density at radius 2 is 1.54 bits per heavy atom. The zero-order valence-corrected chi connectivity index (χ0v) is 16.8. The van der Waals surface area contributed by atoms with E-state index in [-0.39, 0.29) is 16.5 Å². The first-order valence-corrected chi connectivity index (χ1v) is 9.72. The second-order valence-electron chi connectivity index (χ2n) is 9.07. The van der Waals surface area contributed by atoms with E-state index in [0.717, 1.165) is 16.5 Å². The van der Waals surface area contributed by atoms with Crippen LogP contribution in [0, 0.1) is 0 Å². The van der Waals surface area contributed by atoms with E-state index in [1.165, 1.54) is 29.5 Å². The van der Waals surface area contributed by atoms with Crippen molar-refractivity contribution in [2.45, 2.75) is 51.4 Å². The topological polar surface area (TPSA) is 62.2 Å². The molecular weight excluding hydrogens is 348 g/mol. The summed E-state index contributed by atoms with van der Waals surface area (Å²) in [4.78, 5) is 15.9. The van der Waals surface area contributed by atoms with E-state index in [9.17, 15) is 4.79 Å². The molecule has 0 fully saturated rings. The molecule has 0 saturated carbocycles. The van der Waals surface area contributed by atoms with E-state index >= 15 is 0 Å². The van der Waals surface area contributed by atoms with E-state index < -0.39 is 5.91 Å². The Kier molecular flexibility index (Phi) is 4.27. The smallest absolute Gasteiger partial charge is 0.288 e. The molecule has 1 aliphatic rings. The molecule has 4 nitrogen and oxygen atoms in total. The SMILES string of the molecule is CC1(C)CCC(C)(C)c2cc(-c3ccc4nc(C(=O)NO)ccc4c3)ccc21. The predicted molar refractivity (Wildman–Crippen MR) is 112 cm³/mol. The lowest BCUT2D eigenvalue weighted by Crippen LogP contribution is -2.33. The van der Waals surface area contributed by atoms with Crippen molar-refractivity contribution >= 4 is 16.8 Å². The number of carbonyl (C=O) groups excluding carboxylic acids is 1. The van der Waals surface area contributed by atoms with Gasteiger partial charge in [-0.2, -0.15) is 0 Å². The van der Waals surface area contributed by atoms with Gasteiger partial charge in [-0.15, -0.1) is 0 Å². The molecule has 0 atom stereocenters. The van der Waals surface area contributed by atoms with Gasteiger partial charge in [0.1, 0.15) is 5.69 Å². The van der Waals surface area contributed by atoms with Crippen LogP contribution in [-0.2, 0) is 10.8 Å². The number of amides is 1. The zero-order chi connectivity index (χ0) is 20.1. The summed E-state index contributed by atoms with van der Waals surface area (Å²) in [5, 5.41) is 9.75. The van der Waals surface area contributed by atoms with Crippen LogP contribution in [0.4, 0.5) is 0 Å². The predicted octanol–water partition coefficient (Wildman–Crippen LogP) is 5.37. The van der Waals surface area contributed by atoms with Gasteiger partial charge in [0, 0.05) is 5.39 Å². The molecule has 0 unspecified atom stereocenters. The largest absolute Gasteiger partial charge is 0.293 e. The van der Waals surface area contributed by atoms with Gasteiger partial charge in [-0.3, -0.25) is 10.0 Å². The fraction of sp³-hybridized carbons (Fsp3) is 0.333. The lowest BCUT2D eigenvalue weighted by molar-refractivity contribution is 0.0701. The average Bonchev–Trinajstić information content (AvgIpc) is 2.70. The number of benzene rings is 2. The Morgan fingerprint density at radius 1 is 0.893 bits per heavy atom. The molecule has 1 amide bonds. The van der Waals surface area contributed by atoms with Gasteiger partial charge in [0.2, 0.25) is 0 Å². The van der Waals surface area contributed by atoms with Crippen LogP contribution in [0.5, 0.6) is 0 Å². The van der Waals surface area contributed by atoms with Crippen LogP contribution in [-0.4, -0.2) is 16.1 Å². The first-order chi connectivity index (χ1) is 13.2. The van der Waals surface area contributed by atoms with Gasteiger partial charge < -0.3 is 0 Å². The minimum absolute atomic E-state index is 0.172. The summed E-state index contributed by atoms with van der Waals surface area (Å²) in [6.45, 7) is 9.34. The van der Waals surface area contributed by atoms with E-state index in [2.05, 4.69) is 56.9 Å². The summed E-state index contributed by atoms with van der Waals surface area (Å²) in [5.74, 6) is -0.606. The van der Waals surface area contributed by atoms with Crippen molar-refractivity contribution in [3.05, 3.63) is 65.4 Å². The first-order valence-electron chi connectivity index (χ1n) is 9.72. The molecule has 3 aromatic rings. The summed E-state index contributed by atoms with van der Waals surface area (Å²) in [5.41, 5.74) is 8.15. The maximum absolute atomic E-state index is 11.6. The first kappa shape index (κ1) is 18.6. The van der Waals surface area contributed by atoms with Crippen molar-refractivity contribution < 1.29 is 10.0 Å². The second kappa shape index (κ2) is 6.42. The van der Waals surface area contributed by atoms with Crippen LogP contribution in [0.15, 0.2) is 48.5 Å². The van der Waals surface area contributed by atoms with Gasteiger partial charge in [0.15, 0.2) is 0 Å². The Bertz CT molecular complexity index is 1080. The third-order valence-corrected chi connectivity index (χ3v) is 6.21. The highest BCUT2D eigenvalue weighted by Gasteiger charge is 2.36. The van der Waals surface area contributed by atoms with Crippen molar-refractivity contribution in [1.82, 2.24) is 10.5 Å². The van der Waals surface area contributed by atoms with Crippen LogP contribution >= 0.6 is 0 Å². The number of aromatic nitrogens is 1. The van der Waals surface area contributed by atoms with Crippen LogP contribution in [0.25, 0.3) is 22.0 Å². The lowest BCUT2D eigenvalue weighted by Gasteiger charge is -2.42. The minimum Gasteiger partial charge on any atom is -0.288 e. The lowest BCUT2D eigenvalue weighted by atomic mass is 9.63. The standard InChI is InChI=1S/C24H26N2O2/c1-23(2)11-12-24(3,4)19-14-16(5-8-18(19)23)15-6-9-20-17(13-15)7-10-21(25-20)22(27)26-28/h5-10,13-14,28H,11-12H2,1-4H3,(H,26,27). The third kappa shape index (κ3) is 3.08. The maximum atomic E-state index is 11.6. The van der Waals surface area contributed by atoms with Gasteiger partial charge in [0.25, 0.3) is 5.91 Å². The molecule has 0 spiro atoms. The molecule has 0 radical (unpaired) electrons. The number of nitrogens with zero attached hydrogens (tertiary/aromatic N) is 1. The Morgan fingerprint density at radius 3 is 2.25 bits per heavy atom. The molecule has 1 aliphatic carbocycles. The summed E-state index contributed by atoms with van der Waals surface area (Å²) in [6.07, 6.45) is 2.39. The minimum atomic E-state index is -0.606. The fourth-order valence-electron chi connectivity index (χ4n) is 4.26. The average molecular weight is 374 g/mol. The van der Waals surface area contributed by atoms with Crippen LogP contribution < -0.4 is 5.48 Å². The number of rotatable bonds is 2. The van der Waals surface area contributed by atoms with Crippen molar-refractivity contribution in [1.29, 1.82) is 0 Å². The summed E-state index contributed by atoms with van der Waals surface area (Å²) < 4.78 is 0. The molecule has 2 N–H and O–H groups in total. The van der Waals surface area contributed by atoms with E-state index in [4.69, 9.17) is 5.21 Å². The summed E-state index contributed by atoms with van der Waals surface area (Å²) in [7, 11) is 0. The van der Waals surface area contributed by atoms with Crippen molar-refractivity contribution in [2.24, 2.45) is 0 Å². The fourth-order valence-corrected chi connectivity index (χ4v) is 4.26. The number of hydrogen-bond donors (Lipinski definition) is 2. The third-order valence-electron chi connectivity index (χ3n) is 6.21. The van der Waals surface area contributed by atoms with Gasteiger partial charge in [-0.1, -0.05) is 58.0 Å². The van der Waals surface area contributed by atoms with Gasteiger partial charge in [-0.25, -0.2) is 10.5 Å². The molecule has 0 aliphatic heterocycles. The maximum Gasteiger partial charge on any atom is 0.293 e. The Balaban J connectivity index is 1.79. The monoisotopic (exact) mass is 374 g/mol. The van der Waals surface area contributed by atoms with Crippen molar-refractivity contribution in [2.75, 3.05) is 0 Å². The molecule has 144 valence electrons. The van der Waals surface area contributed by atoms with Crippen LogP contribution in [0.3, 0.4) is 0 Å². The molecule has 1 heterocycles. The molecule has 0 bridgehead atoms. The summed E-state index contributed by atoms with van der Waals surface area (Å²) in [6, 6.07) is 16.4. The van der Waals surface area contributed by atoms with E-state index in [1.54, 1.807) is 11.5 Å². The van der Waals surface area contributed by atoms with Gasteiger partial charge >= 0.3 is 0 Å². The number of pyridine rings is 1. The highest BCUT2D eigenvalue weighted by Crippen LogP contribution is 2.46. The molecule has 4 heteroatoms. The van der Waals surface area contributed by atoms with E-state index in [0.29, 0.717) is 0 Å². The number of hydrogen-bond acceptors (Lipinski definition) is 3. The van der Waals surface area contributed by atoms with Gasteiger partial charge in [0.05, 0.1) is 5.52 Å². The molecule has 28 heavy (non-hydrogen) atoms. The molecule has 2 aromatic carbocycles. The number of hydroxylamine groups is 1. The van der Waals surface area contributed by atoms with Crippen LogP contribution in [0.2, 0.25) is 0 Å². The van der Waals surface area contributed by atoms with Crippen molar-refractivity contribution in [3.8, 4) is 11.1 Å². The molecule has 1 aromatic heterocycles. The molecule has 0 saturated heterocycles. The molecule has 4 rings (SSSR count). The van der Waals surface area contributed by atoms with Crippen molar-refractivity contribution in [3.63, 3.8) is 0 Å². The quantitative estimate of drug-likeness (QED) is 0.468. The normalized spacial score (nSPS) is 17.2. The van der Waals surface area contributed by atoms with Gasteiger partial charge in [-0.05, 0) is 64.1 Å². The zero-order valence-electron chi connectivity index (χ0n) is 16.8. The van der Waals surface area contributed by atoms with Crippen LogP contribution in [0.1, 0.15) is 62.2 Å². The number of nitrogens with one attached hydrogen (secondary N) is 1. The molecular formula is C24H26N2O2. The second-order valence-corrected chi connectivity index (χ2v) is 9.07. The number of fused-ring (bicyclic) bond motifs is 2. The highest BCUT2D eigenvalue weighted by atomic mass is 16.5. The Hall–Kier alpha value is -2.72. The summed E-state index contributed by atoms with van der Waals surface area (Å²) >= 11 is 0. The Labute approximate surface area is 165 Å².